The fraction of sp³-hybridized carbons (Fsp3) is 0.500. The lowest BCUT2D eigenvalue weighted by molar-refractivity contribution is -0.139. The number of hydrogen-bond acceptors (Lipinski definition) is 2. The lowest BCUT2D eigenvalue weighted by atomic mass is 9.79. The maximum absolute atomic E-state index is 11.0. The molecule has 122 valence electrons. The molecular weight excluding hydrogens is 320 g/mol. The maximum Gasteiger partial charge on any atom is 0.303 e. The van der Waals surface area contributed by atoms with Gasteiger partial charge in [0.2, 0.25) is 0 Å². The summed E-state index contributed by atoms with van der Waals surface area (Å²) in [5, 5.41) is 16.4. The molecule has 0 saturated carbocycles. The van der Waals surface area contributed by atoms with E-state index < -0.39 is 5.97 Å². The van der Waals surface area contributed by atoms with Gasteiger partial charge in [-0.25, -0.2) is 0 Å². The first-order valence-corrected chi connectivity index (χ1v) is 7.91. The van der Waals surface area contributed by atoms with E-state index >= 15 is 0 Å². The molecule has 1 aromatic rings. The van der Waals surface area contributed by atoms with Crippen LogP contribution >= 0.6 is 23.8 Å². The van der Waals surface area contributed by atoms with Gasteiger partial charge in [0.05, 0.1) is 6.42 Å². The number of thiocarbonyl (C=S) groups is 1. The van der Waals surface area contributed by atoms with Gasteiger partial charge in [0.25, 0.3) is 0 Å². The highest BCUT2D eigenvalue weighted by Gasteiger charge is 2.26. The molecule has 1 rings (SSSR count). The second-order valence-electron chi connectivity index (χ2n) is 6.46. The van der Waals surface area contributed by atoms with Crippen LogP contribution in [-0.4, -0.2) is 22.7 Å². The van der Waals surface area contributed by atoms with Crippen LogP contribution in [0.5, 0.6) is 0 Å². The van der Waals surface area contributed by atoms with E-state index in [1.165, 1.54) is 0 Å². The number of rotatable bonds is 5. The van der Waals surface area contributed by atoms with Crippen LogP contribution in [0, 0.1) is 18.3 Å². The van der Waals surface area contributed by atoms with Crippen molar-refractivity contribution in [3.63, 3.8) is 0 Å². The van der Waals surface area contributed by atoms with Gasteiger partial charge in [-0.15, -0.1) is 0 Å². The van der Waals surface area contributed by atoms with E-state index in [1.807, 2.05) is 39.8 Å². The average Bonchev–Trinajstić information content (AvgIpc) is 2.36. The van der Waals surface area contributed by atoms with Gasteiger partial charge in [-0.3, -0.25) is 4.79 Å². The molecule has 0 aromatic heterocycles. The Morgan fingerprint density at radius 2 is 2.05 bits per heavy atom. The Labute approximate surface area is 142 Å². The molecule has 0 heterocycles. The van der Waals surface area contributed by atoms with Crippen LogP contribution in [-0.2, 0) is 4.79 Å². The van der Waals surface area contributed by atoms with Crippen molar-refractivity contribution < 1.29 is 9.90 Å². The van der Waals surface area contributed by atoms with Gasteiger partial charge in [0, 0.05) is 17.3 Å². The van der Waals surface area contributed by atoms with Crippen molar-refractivity contribution in [2.45, 2.75) is 34.1 Å². The van der Waals surface area contributed by atoms with E-state index in [2.05, 4.69) is 10.6 Å². The Balaban J connectivity index is 2.62. The molecule has 0 amide bonds. The van der Waals surface area contributed by atoms with Crippen LogP contribution in [0.4, 0.5) is 5.69 Å². The molecule has 0 aliphatic rings. The topological polar surface area (TPSA) is 61.4 Å². The molecule has 1 unspecified atom stereocenters. The molecule has 6 heteroatoms. The lowest BCUT2D eigenvalue weighted by Gasteiger charge is -2.30. The Kier molecular flexibility index (Phi) is 6.63. The largest absolute Gasteiger partial charge is 0.481 e. The summed E-state index contributed by atoms with van der Waals surface area (Å²) in [5.74, 6) is -0.815. The lowest BCUT2D eigenvalue weighted by Crippen LogP contribution is -2.38. The smallest absolute Gasteiger partial charge is 0.303 e. The highest BCUT2D eigenvalue weighted by atomic mass is 35.5. The minimum Gasteiger partial charge on any atom is -0.481 e. The zero-order valence-electron chi connectivity index (χ0n) is 13.4. The van der Waals surface area contributed by atoms with Crippen molar-refractivity contribution >= 4 is 40.6 Å². The summed E-state index contributed by atoms with van der Waals surface area (Å²) in [6.07, 6.45) is 0.110. The zero-order chi connectivity index (χ0) is 16.9. The Morgan fingerprint density at radius 1 is 1.41 bits per heavy atom. The molecule has 1 aromatic carbocycles. The molecule has 0 aliphatic carbocycles. The molecule has 4 nitrogen and oxygen atoms in total. The van der Waals surface area contributed by atoms with Gasteiger partial charge in [-0.1, -0.05) is 32.4 Å². The van der Waals surface area contributed by atoms with Crippen LogP contribution < -0.4 is 10.6 Å². The second-order valence-corrected chi connectivity index (χ2v) is 7.30. The van der Waals surface area contributed by atoms with E-state index in [4.69, 9.17) is 28.9 Å². The third-order valence-electron chi connectivity index (χ3n) is 3.59. The van der Waals surface area contributed by atoms with Crippen molar-refractivity contribution in [1.29, 1.82) is 0 Å². The van der Waals surface area contributed by atoms with Crippen molar-refractivity contribution in [3.05, 3.63) is 28.8 Å². The summed E-state index contributed by atoms with van der Waals surface area (Å²) in [6.45, 7) is 8.54. The Bertz CT molecular complexity index is 556. The van der Waals surface area contributed by atoms with Gasteiger partial charge in [-0.2, -0.15) is 0 Å². The minimum atomic E-state index is -0.797. The minimum absolute atomic E-state index is 0.0175. The summed E-state index contributed by atoms with van der Waals surface area (Å²) < 4.78 is 0. The summed E-state index contributed by atoms with van der Waals surface area (Å²) in [7, 11) is 0. The van der Waals surface area contributed by atoms with Crippen LogP contribution in [0.2, 0.25) is 5.02 Å². The highest BCUT2D eigenvalue weighted by molar-refractivity contribution is 7.80. The highest BCUT2D eigenvalue weighted by Crippen LogP contribution is 2.28. The number of nitrogens with one attached hydrogen (secondary N) is 2. The van der Waals surface area contributed by atoms with Gasteiger partial charge in [0.1, 0.15) is 0 Å². The van der Waals surface area contributed by atoms with Crippen LogP contribution in [0.3, 0.4) is 0 Å². The molecule has 0 radical (unpaired) electrons. The number of carbonyl (C=O) groups is 1. The quantitative estimate of drug-likeness (QED) is 0.704. The Morgan fingerprint density at radius 3 is 2.55 bits per heavy atom. The van der Waals surface area contributed by atoms with E-state index in [1.54, 1.807) is 6.07 Å². The maximum atomic E-state index is 11.0. The number of aryl methyl sites for hydroxylation is 1. The number of hydrogen-bond donors (Lipinski definition) is 3. The fourth-order valence-electron chi connectivity index (χ4n) is 2.05. The number of carboxylic acid groups (broad SMARTS) is 1. The predicted octanol–water partition coefficient (Wildman–Crippen LogP) is 4.07. The van der Waals surface area contributed by atoms with E-state index in [-0.39, 0.29) is 17.8 Å². The summed E-state index contributed by atoms with van der Waals surface area (Å²) >= 11 is 11.2. The van der Waals surface area contributed by atoms with Crippen molar-refractivity contribution in [2.75, 3.05) is 11.9 Å². The number of carboxylic acids is 1. The molecule has 22 heavy (non-hydrogen) atoms. The average molecular weight is 343 g/mol. The normalized spacial score (nSPS) is 12.6. The molecule has 0 saturated heterocycles. The van der Waals surface area contributed by atoms with Crippen molar-refractivity contribution in [2.24, 2.45) is 11.3 Å². The van der Waals surface area contributed by atoms with E-state index in [0.29, 0.717) is 16.7 Å². The number of aliphatic carboxylic acids is 1. The van der Waals surface area contributed by atoms with Crippen molar-refractivity contribution in [1.82, 2.24) is 5.32 Å². The summed E-state index contributed by atoms with van der Waals surface area (Å²) in [4.78, 5) is 11.0. The molecule has 0 spiro atoms. The monoisotopic (exact) mass is 342 g/mol. The van der Waals surface area contributed by atoms with Crippen LogP contribution in [0.15, 0.2) is 18.2 Å². The van der Waals surface area contributed by atoms with Crippen LogP contribution in [0.1, 0.15) is 32.8 Å². The van der Waals surface area contributed by atoms with Crippen molar-refractivity contribution in [3.8, 4) is 0 Å². The SMILES string of the molecule is Cc1cc(Cl)ccc1NC(=S)NCC(CC(=O)O)C(C)(C)C. The molecule has 0 fully saturated rings. The molecular formula is C16H23ClN2O2S. The molecule has 3 N–H and O–H groups in total. The summed E-state index contributed by atoms with van der Waals surface area (Å²) in [6, 6.07) is 5.51. The van der Waals surface area contributed by atoms with Gasteiger partial charge in [0.15, 0.2) is 5.11 Å². The third-order valence-corrected chi connectivity index (χ3v) is 4.07. The Hall–Kier alpha value is -1.33. The van der Waals surface area contributed by atoms with E-state index in [9.17, 15) is 4.79 Å². The summed E-state index contributed by atoms with van der Waals surface area (Å²) in [5.41, 5.74) is 1.76. The zero-order valence-corrected chi connectivity index (χ0v) is 14.9. The van der Waals surface area contributed by atoms with Gasteiger partial charge in [-0.05, 0) is 54.2 Å². The molecule has 1 atom stereocenters. The second kappa shape index (κ2) is 7.79. The van der Waals surface area contributed by atoms with Gasteiger partial charge >= 0.3 is 5.97 Å². The van der Waals surface area contributed by atoms with Gasteiger partial charge < -0.3 is 15.7 Å². The standard InChI is InChI=1S/C16H23ClN2O2S/c1-10-7-12(17)5-6-13(10)19-15(22)18-9-11(8-14(20)21)16(2,3)4/h5-7,11H,8-9H2,1-4H3,(H,20,21)(H2,18,19,22). The molecule has 0 aliphatic heterocycles. The first-order chi connectivity index (χ1) is 10.1. The predicted molar refractivity (Wildman–Crippen MR) is 95.6 cm³/mol. The fourth-order valence-corrected chi connectivity index (χ4v) is 2.47. The van der Waals surface area contributed by atoms with Crippen LogP contribution in [0.25, 0.3) is 0 Å². The molecule has 0 bridgehead atoms. The number of benzene rings is 1. The first kappa shape index (κ1) is 18.7. The number of halogens is 1. The first-order valence-electron chi connectivity index (χ1n) is 7.12. The number of anilines is 1. The third kappa shape index (κ3) is 6.20. The van der Waals surface area contributed by atoms with E-state index in [0.717, 1.165) is 11.3 Å².